The first-order valence-corrected chi connectivity index (χ1v) is 12.5. The van der Waals surface area contributed by atoms with Crippen molar-refractivity contribution in [1.29, 1.82) is 0 Å². The average molecular weight is 467 g/mol. The number of carbonyl (C=O) groups excluding carboxylic acids is 1. The molecule has 34 heavy (non-hydrogen) atoms. The van der Waals surface area contributed by atoms with Gasteiger partial charge in [-0.05, 0) is 42.7 Å². The first-order valence-electron chi connectivity index (χ1n) is 12.5. The van der Waals surface area contributed by atoms with Gasteiger partial charge in [0.1, 0.15) is 30.3 Å². The Labute approximate surface area is 201 Å². The van der Waals surface area contributed by atoms with Gasteiger partial charge in [-0.15, -0.1) is 0 Å². The molecule has 1 unspecified atom stereocenters. The van der Waals surface area contributed by atoms with E-state index in [9.17, 15) is 4.79 Å². The first-order chi connectivity index (χ1) is 16.7. The Morgan fingerprint density at radius 3 is 2.47 bits per heavy atom. The Hall–Kier alpha value is -2.25. The lowest BCUT2D eigenvalue weighted by molar-refractivity contribution is -0.231. The fraction of sp³-hybridized carbons (Fsp3) is 0.536. The molecule has 0 bridgehead atoms. The molecule has 2 aromatic rings. The summed E-state index contributed by atoms with van der Waals surface area (Å²) in [5, 5.41) is 0. The second-order valence-corrected chi connectivity index (χ2v) is 9.75. The van der Waals surface area contributed by atoms with Crippen LogP contribution in [-0.2, 0) is 25.6 Å². The summed E-state index contributed by atoms with van der Waals surface area (Å²) in [7, 11) is 0. The minimum atomic E-state index is -0.474. The normalized spacial score (nSPS) is 28.5. The summed E-state index contributed by atoms with van der Waals surface area (Å²) in [6.07, 6.45) is 5.66. The highest BCUT2D eigenvalue weighted by Gasteiger charge is 2.59. The zero-order chi connectivity index (χ0) is 23.4. The zero-order valence-corrected chi connectivity index (χ0v) is 19.8. The number of hydrogen-bond donors (Lipinski definition) is 0. The van der Waals surface area contributed by atoms with Crippen LogP contribution in [0.3, 0.4) is 0 Å². The SMILES string of the molecule is CC(COc1ccc(C=O)cc1)[C@@H]1O[C@H](COCc2ccccc2)[C@H]2OC3(CCCCC3)O[C@H]21. The largest absolute Gasteiger partial charge is 0.493 e. The van der Waals surface area contributed by atoms with E-state index in [2.05, 4.69) is 19.1 Å². The number of carbonyl (C=O) groups is 1. The van der Waals surface area contributed by atoms with Gasteiger partial charge in [-0.1, -0.05) is 43.7 Å². The summed E-state index contributed by atoms with van der Waals surface area (Å²) >= 11 is 0. The molecule has 182 valence electrons. The molecule has 0 aromatic heterocycles. The highest BCUT2D eigenvalue weighted by molar-refractivity contribution is 5.74. The summed E-state index contributed by atoms with van der Waals surface area (Å²) in [5.41, 5.74) is 1.78. The maximum atomic E-state index is 10.9. The lowest BCUT2D eigenvalue weighted by atomic mass is 9.94. The summed E-state index contributed by atoms with van der Waals surface area (Å²) in [6, 6.07) is 17.3. The molecule has 2 saturated heterocycles. The molecule has 2 aliphatic heterocycles. The molecule has 0 N–H and O–H groups in total. The van der Waals surface area contributed by atoms with Crippen LogP contribution in [0.5, 0.6) is 5.75 Å². The van der Waals surface area contributed by atoms with Gasteiger partial charge in [0.15, 0.2) is 5.79 Å². The minimum Gasteiger partial charge on any atom is -0.493 e. The quantitative estimate of drug-likeness (QED) is 0.488. The molecule has 6 heteroatoms. The van der Waals surface area contributed by atoms with Gasteiger partial charge < -0.3 is 23.7 Å². The van der Waals surface area contributed by atoms with Crippen LogP contribution >= 0.6 is 0 Å². The molecular weight excluding hydrogens is 432 g/mol. The van der Waals surface area contributed by atoms with Crippen molar-refractivity contribution in [2.45, 2.75) is 75.8 Å². The maximum Gasteiger partial charge on any atom is 0.169 e. The average Bonchev–Trinajstić information content (AvgIpc) is 3.39. The van der Waals surface area contributed by atoms with Crippen LogP contribution in [0.1, 0.15) is 54.9 Å². The van der Waals surface area contributed by atoms with E-state index < -0.39 is 5.79 Å². The minimum absolute atomic E-state index is 0.0970. The highest BCUT2D eigenvalue weighted by Crippen LogP contribution is 2.47. The van der Waals surface area contributed by atoms with E-state index in [1.165, 1.54) is 6.42 Å². The maximum absolute atomic E-state index is 10.9. The third-order valence-electron chi connectivity index (χ3n) is 7.15. The number of hydrogen-bond acceptors (Lipinski definition) is 6. The number of rotatable bonds is 9. The van der Waals surface area contributed by atoms with Crippen molar-refractivity contribution in [2.75, 3.05) is 13.2 Å². The summed E-state index contributed by atoms with van der Waals surface area (Å²) in [6.45, 7) is 3.63. The van der Waals surface area contributed by atoms with Gasteiger partial charge in [-0.25, -0.2) is 0 Å². The molecule has 5 rings (SSSR count). The van der Waals surface area contributed by atoms with Crippen molar-refractivity contribution in [3.05, 3.63) is 65.7 Å². The van der Waals surface area contributed by atoms with Crippen LogP contribution in [-0.4, -0.2) is 49.7 Å². The van der Waals surface area contributed by atoms with Crippen LogP contribution < -0.4 is 4.74 Å². The van der Waals surface area contributed by atoms with Crippen LogP contribution in [0.4, 0.5) is 0 Å². The standard InChI is InChI=1S/C28H34O6/c1-20(17-31-23-12-10-21(16-29)11-13-23)25-27-26(33-28(34-27)14-6-3-7-15-28)24(32-25)19-30-18-22-8-4-2-5-9-22/h2,4-5,8-13,16,20,24-27H,3,6-7,14-15,17-19H2,1H3/t20?,24-,25+,26-,27+/m1/s1. The molecule has 0 radical (unpaired) electrons. The molecule has 1 saturated carbocycles. The Morgan fingerprint density at radius 1 is 1.00 bits per heavy atom. The van der Waals surface area contributed by atoms with E-state index in [4.69, 9.17) is 23.7 Å². The molecule has 1 aliphatic carbocycles. The number of fused-ring (bicyclic) bond motifs is 1. The fourth-order valence-electron chi connectivity index (χ4n) is 5.31. The summed E-state index contributed by atoms with van der Waals surface area (Å²) in [4.78, 5) is 10.9. The molecule has 1 spiro atoms. The predicted octanol–water partition coefficient (Wildman–Crippen LogP) is 4.94. The topological polar surface area (TPSA) is 63.2 Å². The Bertz CT molecular complexity index is 924. The Balaban J connectivity index is 1.23. The van der Waals surface area contributed by atoms with E-state index in [0.29, 0.717) is 25.4 Å². The third kappa shape index (κ3) is 5.20. The number of ether oxygens (including phenoxy) is 5. The van der Waals surface area contributed by atoms with Crippen LogP contribution in [0.25, 0.3) is 0 Å². The molecule has 3 fully saturated rings. The number of aldehydes is 1. The van der Waals surface area contributed by atoms with Crippen molar-refractivity contribution >= 4 is 6.29 Å². The van der Waals surface area contributed by atoms with Crippen molar-refractivity contribution in [3.8, 4) is 5.75 Å². The number of benzene rings is 2. The summed E-state index contributed by atoms with van der Waals surface area (Å²) < 4.78 is 31.8. The zero-order valence-electron chi connectivity index (χ0n) is 19.8. The Morgan fingerprint density at radius 2 is 1.74 bits per heavy atom. The molecule has 2 heterocycles. The third-order valence-corrected chi connectivity index (χ3v) is 7.15. The van der Waals surface area contributed by atoms with Gasteiger partial charge in [0.05, 0.1) is 25.9 Å². The molecule has 3 aliphatic rings. The van der Waals surface area contributed by atoms with Crippen molar-refractivity contribution in [3.63, 3.8) is 0 Å². The smallest absolute Gasteiger partial charge is 0.169 e. The lowest BCUT2D eigenvalue weighted by Gasteiger charge is -2.34. The van der Waals surface area contributed by atoms with Crippen molar-refractivity contribution < 1.29 is 28.5 Å². The van der Waals surface area contributed by atoms with Crippen molar-refractivity contribution in [2.24, 2.45) is 5.92 Å². The molecule has 6 nitrogen and oxygen atoms in total. The lowest BCUT2D eigenvalue weighted by Crippen LogP contribution is -2.39. The van der Waals surface area contributed by atoms with E-state index in [-0.39, 0.29) is 30.3 Å². The van der Waals surface area contributed by atoms with Gasteiger partial charge in [-0.2, -0.15) is 0 Å². The van der Waals surface area contributed by atoms with Gasteiger partial charge in [0, 0.05) is 24.3 Å². The van der Waals surface area contributed by atoms with E-state index in [1.54, 1.807) is 12.1 Å². The molecule has 2 aromatic carbocycles. The van der Waals surface area contributed by atoms with Gasteiger partial charge in [0.2, 0.25) is 0 Å². The van der Waals surface area contributed by atoms with Gasteiger partial charge in [-0.3, -0.25) is 4.79 Å². The second kappa shape index (κ2) is 10.6. The molecular formula is C28H34O6. The van der Waals surface area contributed by atoms with Crippen LogP contribution in [0.15, 0.2) is 54.6 Å². The molecule has 0 amide bonds. The first kappa shape index (κ1) is 23.5. The van der Waals surface area contributed by atoms with E-state index in [1.807, 2.05) is 30.3 Å². The van der Waals surface area contributed by atoms with E-state index >= 15 is 0 Å². The van der Waals surface area contributed by atoms with Crippen LogP contribution in [0, 0.1) is 5.92 Å². The van der Waals surface area contributed by atoms with E-state index in [0.717, 1.165) is 43.3 Å². The highest BCUT2D eigenvalue weighted by atomic mass is 16.8. The predicted molar refractivity (Wildman–Crippen MR) is 127 cm³/mol. The fourth-order valence-corrected chi connectivity index (χ4v) is 5.31. The monoisotopic (exact) mass is 466 g/mol. The molecule has 5 atom stereocenters. The summed E-state index contributed by atoms with van der Waals surface area (Å²) in [5.74, 6) is 0.361. The van der Waals surface area contributed by atoms with Crippen LogP contribution in [0.2, 0.25) is 0 Å². The second-order valence-electron chi connectivity index (χ2n) is 9.75. The van der Waals surface area contributed by atoms with Gasteiger partial charge >= 0.3 is 0 Å². The Kier molecular flexibility index (Phi) is 7.30. The van der Waals surface area contributed by atoms with Crippen molar-refractivity contribution in [1.82, 2.24) is 0 Å². The van der Waals surface area contributed by atoms with Gasteiger partial charge in [0.25, 0.3) is 0 Å².